The molecule has 0 aromatic carbocycles. The topological polar surface area (TPSA) is 35.2 Å². The molecule has 0 amide bonds. The van der Waals surface area contributed by atoms with E-state index in [1.165, 1.54) is 44.9 Å². The van der Waals surface area contributed by atoms with E-state index in [0.717, 1.165) is 19.1 Å². The van der Waals surface area contributed by atoms with Crippen LogP contribution in [0.1, 0.15) is 44.9 Å². The van der Waals surface area contributed by atoms with Crippen LogP contribution in [0.2, 0.25) is 0 Å². The van der Waals surface area contributed by atoms with Gasteiger partial charge in [-0.2, -0.15) is 0 Å². The zero-order valence-corrected chi connectivity index (χ0v) is 9.08. The quantitative estimate of drug-likeness (QED) is 0.737. The minimum Gasteiger partial charge on any atom is -0.381 e. The van der Waals surface area contributed by atoms with Gasteiger partial charge in [0.1, 0.15) is 0 Å². The summed E-state index contributed by atoms with van der Waals surface area (Å²) in [5.74, 6) is 1.43. The Labute approximate surface area is 87.2 Å². The van der Waals surface area contributed by atoms with Gasteiger partial charge in [0.15, 0.2) is 0 Å². The van der Waals surface area contributed by atoms with Crippen LogP contribution in [0.15, 0.2) is 0 Å². The van der Waals surface area contributed by atoms with Crippen LogP contribution in [0.4, 0.5) is 0 Å². The molecule has 0 aromatic rings. The van der Waals surface area contributed by atoms with Crippen molar-refractivity contribution in [2.24, 2.45) is 17.6 Å². The summed E-state index contributed by atoms with van der Waals surface area (Å²) >= 11 is 0. The van der Waals surface area contributed by atoms with Crippen LogP contribution in [-0.4, -0.2) is 19.3 Å². The van der Waals surface area contributed by atoms with Crippen molar-refractivity contribution in [1.82, 2.24) is 0 Å². The van der Waals surface area contributed by atoms with Crippen LogP contribution in [0, 0.1) is 11.8 Å². The highest BCUT2D eigenvalue weighted by Crippen LogP contribution is 2.31. The zero-order chi connectivity index (χ0) is 9.80. The van der Waals surface area contributed by atoms with E-state index in [9.17, 15) is 0 Å². The molecule has 2 N–H and O–H groups in total. The van der Waals surface area contributed by atoms with Gasteiger partial charge in [0, 0.05) is 12.6 Å². The standard InChI is InChI=1S/C12H23NO/c13-12(10-5-2-1-3-6-10)11-7-4-8-14-9-11/h10-12H,1-9,13H2. The summed E-state index contributed by atoms with van der Waals surface area (Å²) in [7, 11) is 0. The van der Waals surface area contributed by atoms with Crippen molar-refractivity contribution in [2.45, 2.75) is 51.0 Å². The lowest BCUT2D eigenvalue weighted by molar-refractivity contribution is 0.0326. The van der Waals surface area contributed by atoms with Gasteiger partial charge in [0.2, 0.25) is 0 Å². The largest absolute Gasteiger partial charge is 0.381 e. The van der Waals surface area contributed by atoms with Crippen LogP contribution >= 0.6 is 0 Å². The van der Waals surface area contributed by atoms with Crippen molar-refractivity contribution in [1.29, 1.82) is 0 Å². The predicted molar refractivity (Wildman–Crippen MR) is 58.1 cm³/mol. The fourth-order valence-corrected chi connectivity index (χ4v) is 2.97. The lowest BCUT2D eigenvalue weighted by Crippen LogP contribution is -2.42. The monoisotopic (exact) mass is 197 g/mol. The zero-order valence-electron chi connectivity index (χ0n) is 9.08. The third kappa shape index (κ3) is 2.48. The van der Waals surface area contributed by atoms with E-state index < -0.39 is 0 Å². The number of ether oxygens (including phenoxy) is 1. The lowest BCUT2D eigenvalue weighted by atomic mass is 9.77. The normalized spacial score (nSPS) is 32.8. The van der Waals surface area contributed by atoms with Crippen LogP contribution in [0.25, 0.3) is 0 Å². The minimum absolute atomic E-state index is 0.413. The second kappa shape index (κ2) is 5.13. The summed E-state index contributed by atoms with van der Waals surface area (Å²) in [4.78, 5) is 0. The Morgan fingerprint density at radius 3 is 2.29 bits per heavy atom. The Bertz CT molecular complexity index is 142. The maximum atomic E-state index is 6.34. The molecule has 2 nitrogen and oxygen atoms in total. The average Bonchev–Trinajstić information content (AvgIpc) is 2.30. The molecule has 0 bridgehead atoms. The Morgan fingerprint density at radius 2 is 1.64 bits per heavy atom. The lowest BCUT2D eigenvalue weighted by Gasteiger charge is -2.35. The molecule has 2 heteroatoms. The SMILES string of the molecule is NC(C1CCCCC1)C1CCCOC1. The maximum absolute atomic E-state index is 6.34. The molecule has 14 heavy (non-hydrogen) atoms. The van der Waals surface area contributed by atoms with Gasteiger partial charge in [-0.3, -0.25) is 0 Å². The molecule has 1 aliphatic carbocycles. The highest BCUT2D eigenvalue weighted by Gasteiger charge is 2.28. The summed E-state index contributed by atoms with van der Waals surface area (Å²) in [6.45, 7) is 1.87. The minimum atomic E-state index is 0.413. The highest BCUT2D eigenvalue weighted by atomic mass is 16.5. The van der Waals surface area contributed by atoms with E-state index >= 15 is 0 Å². The molecule has 2 atom stereocenters. The Kier molecular flexibility index (Phi) is 3.82. The van der Waals surface area contributed by atoms with Gasteiger partial charge in [-0.05, 0) is 37.5 Å². The summed E-state index contributed by atoms with van der Waals surface area (Å²) in [6, 6.07) is 0.413. The summed E-state index contributed by atoms with van der Waals surface area (Å²) in [5, 5.41) is 0. The molecule has 1 heterocycles. The number of hydrogen-bond donors (Lipinski definition) is 1. The number of nitrogens with two attached hydrogens (primary N) is 1. The van der Waals surface area contributed by atoms with Crippen LogP contribution in [0.3, 0.4) is 0 Å². The van der Waals surface area contributed by atoms with Gasteiger partial charge < -0.3 is 10.5 Å². The Morgan fingerprint density at radius 1 is 0.929 bits per heavy atom. The first-order valence-electron chi connectivity index (χ1n) is 6.21. The van der Waals surface area contributed by atoms with Crippen LogP contribution in [-0.2, 0) is 4.74 Å². The molecule has 1 saturated heterocycles. The third-order valence-electron chi connectivity index (χ3n) is 3.93. The van der Waals surface area contributed by atoms with E-state index in [1.54, 1.807) is 0 Å². The molecule has 0 radical (unpaired) electrons. The summed E-state index contributed by atoms with van der Waals surface area (Å²) in [6.07, 6.45) is 9.43. The van der Waals surface area contributed by atoms with E-state index in [1.807, 2.05) is 0 Å². The fraction of sp³-hybridized carbons (Fsp3) is 1.00. The van der Waals surface area contributed by atoms with Crippen molar-refractivity contribution in [2.75, 3.05) is 13.2 Å². The molecule has 82 valence electrons. The second-order valence-corrected chi connectivity index (χ2v) is 4.95. The average molecular weight is 197 g/mol. The second-order valence-electron chi connectivity index (χ2n) is 4.95. The van der Waals surface area contributed by atoms with E-state index in [4.69, 9.17) is 10.5 Å². The molecule has 2 fully saturated rings. The molecular formula is C12H23NO. The Hall–Kier alpha value is -0.0800. The van der Waals surface area contributed by atoms with Crippen molar-refractivity contribution in [3.05, 3.63) is 0 Å². The van der Waals surface area contributed by atoms with E-state index in [0.29, 0.717) is 12.0 Å². The Balaban J connectivity index is 1.82. The summed E-state index contributed by atoms with van der Waals surface area (Å²) in [5.41, 5.74) is 6.34. The molecule has 2 rings (SSSR count). The molecule has 0 spiro atoms. The highest BCUT2D eigenvalue weighted by molar-refractivity contribution is 4.83. The van der Waals surface area contributed by atoms with Crippen molar-refractivity contribution in [3.63, 3.8) is 0 Å². The molecular weight excluding hydrogens is 174 g/mol. The van der Waals surface area contributed by atoms with Gasteiger partial charge >= 0.3 is 0 Å². The van der Waals surface area contributed by atoms with Crippen molar-refractivity contribution >= 4 is 0 Å². The van der Waals surface area contributed by atoms with Gasteiger partial charge in [0.05, 0.1) is 6.61 Å². The van der Waals surface area contributed by atoms with Crippen molar-refractivity contribution in [3.8, 4) is 0 Å². The molecule has 2 aliphatic rings. The van der Waals surface area contributed by atoms with Crippen LogP contribution in [0.5, 0.6) is 0 Å². The fourth-order valence-electron chi connectivity index (χ4n) is 2.97. The first-order chi connectivity index (χ1) is 6.88. The van der Waals surface area contributed by atoms with Crippen molar-refractivity contribution < 1.29 is 4.74 Å². The summed E-state index contributed by atoms with van der Waals surface area (Å²) < 4.78 is 5.51. The van der Waals surface area contributed by atoms with E-state index in [-0.39, 0.29) is 0 Å². The number of hydrogen-bond acceptors (Lipinski definition) is 2. The molecule has 0 aromatic heterocycles. The van der Waals surface area contributed by atoms with Gasteiger partial charge in [-0.25, -0.2) is 0 Å². The smallest absolute Gasteiger partial charge is 0.0509 e. The van der Waals surface area contributed by atoms with Gasteiger partial charge in [-0.1, -0.05) is 19.3 Å². The first-order valence-corrected chi connectivity index (χ1v) is 6.21. The maximum Gasteiger partial charge on any atom is 0.0509 e. The molecule has 1 aliphatic heterocycles. The van der Waals surface area contributed by atoms with E-state index in [2.05, 4.69) is 0 Å². The van der Waals surface area contributed by atoms with Crippen LogP contribution < -0.4 is 5.73 Å². The van der Waals surface area contributed by atoms with Gasteiger partial charge in [-0.15, -0.1) is 0 Å². The predicted octanol–water partition coefficient (Wildman–Crippen LogP) is 2.32. The first kappa shape index (κ1) is 10.4. The number of rotatable bonds is 2. The van der Waals surface area contributed by atoms with Gasteiger partial charge in [0.25, 0.3) is 0 Å². The molecule has 2 unspecified atom stereocenters. The molecule has 1 saturated carbocycles. The third-order valence-corrected chi connectivity index (χ3v) is 3.93.